The van der Waals surface area contributed by atoms with Gasteiger partial charge in [0.15, 0.2) is 11.5 Å². The van der Waals surface area contributed by atoms with Gasteiger partial charge in [0.1, 0.15) is 18.2 Å². The largest absolute Gasteiger partial charge is 0.490 e. The summed E-state index contributed by atoms with van der Waals surface area (Å²) in [4.78, 5) is 23.0. The minimum Gasteiger partial charge on any atom is -0.490 e. The first-order valence-corrected chi connectivity index (χ1v) is 11.8. The topological polar surface area (TPSA) is 114 Å². The van der Waals surface area contributed by atoms with Gasteiger partial charge in [0.2, 0.25) is 0 Å². The van der Waals surface area contributed by atoms with Crippen LogP contribution in [-0.2, 0) is 11.4 Å². The normalized spacial score (nSPS) is 10.9. The molecule has 0 atom stereocenters. The monoisotopic (exact) mass is 603 g/mol. The van der Waals surface area contributed by atoms with Gasteiger partial charge in [0.25, 0.3) is 11.6 Å². The lowest BCUT2D eigenvalue weighted by Crippen LogP contribution is -2.13. The van der Waals surface area contributed by atoms with E-state index in [0.717, 1.165) is 5.56 Å². The maximum Gasteiger partial charge on any atom is 0.271 e. The minimum absolute atomic E-state index is 0.173. The quantitative estimate of drug-likeness (QED) is 0.0999. The van der Waals surface area contributed by atoms with Gasteiger partial charge in [-0.2, -0.15) is 5.26 Å². The Kier molecular flexibility index (Phi) is 9.05. The molecule has 0 radical (unpaired) electrons. The van der Waals surface area contributed by atoms with E-state index in [0.29, 0.717) is 32.3 Å². The summed E-state index contributed by atoms with van der Waals surface area (Å²) in [7, 11) is 0. The van der Waals surface area contributed by atoms with E-state index in [1.54, 1.807) is 18.2 Å². The average Bonchev–Trinajstić information content (AvgIpc) is 2.83. The Morgan fingerprint density at radius 1 is 1.20 bits per heavy atom. The highest BCUT2D eigenvalue weighted by atomic mass is 127. The van der Waals surface area contributed by atoms with E-state index in [1.807, 2.05) is 31.2 Å². The van der Waals surface area contributed by atoms with Crippen LogP contribution in [0.3, 0.4) is 0 Å². The number of nitrogens with zero attached hydrogens (tertiary/aromatic N) is 2. The predicted molar refractivity (Wildman–Crippen MR) is 141 cm³/mol. The van der Waals surface area contributed by atoms with Crippen LogP contribution in [0.1, 0.15) is 18.1 Å². The highest BCUT2D eigenvalue weighted by Gasteiger charge is 2.16. The highest BCUT2D eigenvalue weighted by molar-refractivity contribution is 14.1. The van der Waals surface area contributed by atoms with Crippen LogP contribution in [0.15, 0.2) is 66.2 Å². The van der Waals surface area contributed by atoms with Crippen molar-refractivity contribution < 1.29 is 19.2 Å². The number of anilines is 1. The Hall–Kier alpha value is -3.62. The molecule has 0 saturated heterocycles. The summed E-state index contributed by atoms with van der Waals surface area (Å²) in [6, 6.07) is 18.1. The van der Waals surface area contributed by atoms with Crippen LogP contribution in [0.5, 0.6) is 11.5 Å². The lowest BCUT2D eigenvalue weighted by atomic mass is 10.1. The lowest BCUT2D eigenvalue weighted by Gasteiger charge is -2.15. The number of nitrogens with one attached hydrogen (secondary N) is 1. The van der Waals surface area contributed by atoms with E-state index in [-0.39, 0.29) is 23.6 Å². The molecule has 0 fully saturated rings. The molecule has 3 aromatic carbocycles. The third-order valence-electron chi connectivity index (χ3n) is 4.65. The number of nitriles is 1. The van der Waals surface area contributed by atoms with Gasteiger partial charge < -0.3 is 14.8 Å². The molecule has 0 saturated carbocycles. The zero-order chi connectivity index (χ0) is 25.4. The smallest absolute Gasteiger partial charge is 0.271 e. The number of ether oxygens (including phenoxy) is 2. The van der Waals surface area contributed by atoms with Crippen molar-refractivity contribution in [2.24, 2.45) is 0 Å². The Morgan fingerprint density at radius 3 is 2.66 bits per heavy atom. The van der Waals surface area contributed by atoms with E-state index in [1.165, 1.54) is 30.3 Å². The van der Waals surface area contributed by atoms with Crippen LogP contribution in [0, 0.1) is 25.0 Å². The Morgan fingerprint density at radius 2 is 1.97 bits per heavy atom. The summed E-state index contributed by atoms with van der Waals surface area (Å²) in [5.41, 5.74) is 1.22. The number of carbonyl (C=O) groups excluding carboxylic acids is 1. The van der Waals surface area contributed by atoms with Crippen LogP contribution in [0.25, 0.3) is 6.08 Å². The number of carbonyl (C=O) groups is 1. The number of hydrogen-bond donors (Lipinski definition) is 1. The Bertz CT molecular complexity index is 1340. The van der Waals surface area contributed by atoms with Gasteiger partial charge >= 0.3 is 0 Å². The van der Waals surface area contributed by atoms with Crippen molar-refractivity contribution in [3.05, 3.63) is 96.1 Å². The molecule has 10 heteroatoms. The molecule has 178 valence electrons. The molecular formula is C25H19ClIN3O5. The fourth-order valence-corrected chi connectivity index (χ4v) is 4.02. The van der Waals surface area contributed by atoms with Crippen molar-refractivity contribution in [3.8, 4) is 17.6 Å². The molecule has 35 heavy (non-hydrogen) atoms. The molecule has 8 nitrogen and oxygen atoms in total. The molecule has 1 amide bonds. The Labute approximate surface area is 220 Å². The van der Waals surface area contributed by atoms with Gasteiger partial charge in [-0.15, -0.1) is 0 Å². The molecule has 0 aliphatic carbocycles. The summed E-state index contributed by atoms with van der Waals surface area (Å²) in [6.07, 6.45) is 1.41. The van der Waals surface area contributed by atoms with E-state index in [9.17, 15) is 20.2 Å². The van der Waals surface area contributed by atoms with Crippen LogP contribution < -0.4 is 14.8 Å². The van der Waals surface area contributed by atoms with E-state index < -0.39 is 10.8 Å². The molecular weight excluding hydrogens is 585 g/mol. The molecule has 3 aromatic rings. The average molecular weight is 604 g/mol. The third-order valence-corrected chi connectivity index (χ3v) is 5.82. The fourth-order valence-electron chi connectivity index (χ4n) is 3.05. The molecule has 1 N–H and O–H groups in total. The van der Waals surface area contributed by atoms with Gasteiger partial charge in [-0.25, -0.2) is 0 Å². The van der Waals surface area contributed by atoms with E-state index >= 15 is 0 Å². The molecule has 0 spiro atoms. The number of rotatable bonds is 9. The number of hydrogen-bond acceptors (Lipinski definition) is 6. The fraction of sp³-hybridized carbons (Fsp3) is 0.120. The summed E-state index contributed by atoms with van der Waals surface area (Å²) >= 11 is 8.31. The predicted octanol–water partition coefficient (Wildman–Crippen LogP) is 6.38. The first kappa shape index (κ1) is 26.0. The molecule has 0 heterocycles. The first-order chi connectivity index (χ1) is 16.8. The maximum atomic E-state index is 12.6. The number of amides is 1. The van der Waals surface area contributed by atoms with Crippen molar-refractivity contribution in [2.75, 3.05) is 11.9 Å². The van der Waals surface area contributed by atoms with Crippen LogP contribution >= 0.6 is 34.2 Å². The molecule has 0 unspecified atom stereocenters. The van der Waals surface area contributed by atoms with Gasteiger partial charge in [-0.3, -0.25) is 14.9 Å². The maximum absolute atomic E-state index is 12.6. The third kappa shape index (κ3) is 6.94. The summed E-state index contributed by atoms with van der Waals surface area (Å²) in [5, 5.41) is 23.6. The second-order valence-corrected chi connectivity index (χ2v) is 8.64. The van der Waals surface area contributed by atoms with Crippen LogP contribution in [-0.4, -0.2) is 17.4 Å². The number of nitro benzene ring substituents is 1. The molecule has 0 aliphatic rings. The molecule has 0 bridgehead atoms. The zero-order valence-corrected chi connectivity index (χ0v) is 21.4. The standard InChI is InChI=1S/C25H19ClIN3O5/c1-2-34-23-12-16(11-22(27)24(23)35-15-17-6-3-4-9-21(17)26)10-18(14-28)25(31)29-19-7-5-8-20(13-19)30(32)33/h3-13H,2,15H2,1H3,(H,29,31)/b18-10-. The highest BCUT2D eigenvalue weighted by Crippen LogP contribution is 2.36. The summed E-state index contributed by atoms with van der Waals surface area (Å²) in [6.45, 7) is 2.45. The minimum atomic E-state index is -0.694. The SMILES string of the molecule is CCOc1cc(/C=C(/C#N)C(=O)Nc2cccc([N+](=O)[O-])c2)cc(I)c1OCc1ccccc1Cl. The van der Waals surface area contributed by atoms with E-state index in [4.69, 9.17) is 21.1 Å². The Balaban J connectivity index is 1.85. The zero-order valence-electron chi connectivity index (χ0n) is 18.5. The first-order valence-electron chi connectivity index (χ1n) is 10.3. The number of benzene rings is 3. The van der Waals surface area contributed by atoms with Crippen LogP contribution in [0.4, 0.5) is 11.4 Å². The van der Waals surface area contributed by atoms with Crippen molar-refractivity contribution in [2.45, 2.75) is 13.5 Å². The van der Waals surface area contributed by atoms with Crippen molar-refractivity contribution in [1.29, 1.82) is 5.26 Å². The van der Waals surface area contributed by atoms with Gasteiger partial charge in [0.05, 0.1) is 15.1 Å². The van der Waals surface area contributed by atoms with Crippen molar-refractivity contribution in [1.82, 2.24) is 0 Å². The van der Waals surface area contributed by atoms with Gasteiger partial charge in [-0.1, -0.05) is 35.9 Å². The second-order valence-electron chi connectivity index (χ2n) is 7.07. The van der Waals surface area contributed by atoms with E-state index in [2.05, 4.69) is 27.9 Å². The van der Waals surface area contributed by atoms with Crippen molar-refractivity contribution in [3.63, 3.8) is 0 Å². The number of halogens is 2. The summed E-state index contributed by atoms with van der Waals surface area (Å²) in [5.74, 6) is 0.276. The van der Waals surface area contributed by atoms with Crippen molar-refractivity contribution >= 4 is 57.5 Å². The number of non-ortho nitro benzene ring substituents is 1. The van der Waals surface area contributed by atoms with Crippen LogP contribution in [0.2, 0.25) is 5.02 Å². The second kappa shape index (κ2) is 12.2. The molecule has 3 rings (SSSR count). The van der Waals surface area contributed by atoms with Gasteiger partial charge in [-0.05, 0) is 65.4 Å². The number of nitro groups is 1. The summed E-state index contributed by atoms with van der Waals surface area (Å²) < 4.78 is 12.4. The van der Waals surface area contributed by atoms with Gasteiger partial charge in [0, 0.05) is 28.4 Å². The lowest BCUT2D eigenvalue weighted by molar-refractivity contribution is -0.384. The molecule has 0 aromatic heterocycles. The molecule has 0 aliphatic heterocycles.